The Morgan fingerprint density at radius 3 is 1.59 bits per heavy atom. The van der Waals surface area contributed by atoms with Crippen LogP contribution >= 0.6 is 7.82 Å². The van der Waals surface area contributed by atoms with E-state index in [9.17, 15) is 19.3 Å². The van der Waals surface area contributed by atoms with Crippen LogP contribution in [-0.4, -0.2) is 52.3 Å². The lowest BCUT2D eigenvalue weighted by Crippen LogP contribution is -2.29. The minimum absolute atomic E-state index is 0.125. The van der Waals surface area contributed by atoms with Gasteiger partial charge in [0.05, 0.1) is 12.7 Å². The lowest BCUT2D eigenvalue weighted by molar-refractivity contribution is -0.161. The Hall–Kier alpha value is -2.55. The molecule has 0 aliphatic carbocycles. The molecule has 9 nitrogen and oxygen atoms in total. The van der Waals surface area contributed by atoms with Crippen molar-refractivity contribution in [2.45, 2.75) is 193 Å². The number of carbonyl (C=O) groups excluding carboxylic acids is 2. The van der Waals surface area contributed by atoms with Crippen LogP contribution in [0.3, 0.4) is 0 Å². The van der Waals surface area contributed by atoms with Gasteiger partial charge in [-0.25, -0.2) is 4.57 Å². The van der Waals surface area contributed by atoms with Crippen LogP contribution in [0.2, 0.25) is 0 Å². The van der Waals surface area contributed by atoms with Crippen molar-refractivity contribution >= 4 is 19.8 Å². The first-order valence-corrected chi connectivity index (χ1v) is 23.4. The maximum Gasteiger partial charge on any atom is 0.469 e. The summed E-state index contributed by atoms with van der Waals surface area (Å²) < 4.78 is 26.3. The highest BCUT2D eigenvalue weighted by Crippen LogP contribution is 2.36. The van der Waals surface area contributed by atoms with Crippen molar-refractivity contribution in [2.24, 2.45) is 0 Å². The fourth-order valence-electron chi connectivity index (χ4n) is 5.84. The zero-order valence-corrected chi connectivity index (χ0v) is 36.0. The molecule has 322 valence electrons. The first kappa shape index (κ1) is 53.5. The Balaban J connectivity index is 4.05. The quantitative estimate of drug-likeness (QED) is 0.0182. The normalized spacial score (nSPS) is 13.7. The van der Waals surface area contributed by atoms with E-state index in [0.29, 0.717) is 19.3 Å². The number of carbonyl (C=O) groups is 2. The predicted octanol–water partition coefficient (Wildman–Crippen LogP) is 12.4. The number of aliphatic hydroxyl groups excluding tert-OH is 1. The number of hydrogen-bond donors (Lipinski definition) is 3. The Morgan fingerprint density at radius 1 is 0.571 bits per heavy atom. The lowest BCUT2D eigenvalue weighted by atomic mass is 10.0. The number of rotatable bonds is 39. The van der Waals surface area contributed by atoms with E-state index in [2.05, 4.69) is 36.6 Å². The molecule has 0 saturated carbocycles. The second kappa shape index (κ2) is 40.6. The van der Waals surface area contributed by atoms with Gasteiger partial charge in [0, 0.05) is 12.8 Å². The van der Waals surface area contributed by atoms with Crippen molar-refractivity contribution in [3.05, 3.63) is 72.9 Å². The fourth-order valence-corrected chi connectivity index (χ4v) is 6.20. The summed E-state index contributed by atoms with van der Waals surface area (Å²) in [5.74, 6) is -1.00. The molecule has 0 aromatic rings. The highest BCUT2D eigenvalue weighted by molar-refractivity contribution is 7.46. The average Bonchev–Trinajstić information content (AvgIpc) is 3.16. The van der Waals surface area contributed by atoms with Gasteiger partial charge in [-0.2, -0.15) is 0 Å². The minimum atomic E-state index is -4.78. The second-order valence-electron chi connectivity index (χ2n) is 14.5. The molecular formula is C46H79O9P. The Labute approximate surface area is 341 Å². The summed E-state index contributed by atoms with van der Waals surface area (Å²) in [5.41, 5.74) is 0. The van der Waals surface area contributed by atoms with Gasteiger partial charge in [-0.1, -0.05) is 196 Å². The van der Waals surface area contributed by atoms with Crippen molar-refractivity contribution in [3.8, 4) is 0 Å². The highest BCUT2D eigenvalue weighted by atomic mass is 31.2. The third-order valence-electron chi connectivity index (χ3n) is 9.08. The van der Waals surface area contributed by atoms with Crippen LogP contribution in [0.25, 0.3) is 0 Å². The monoisotopic (exact) mass is 807 g/mol. The van der Waals surface area contributed by atoms with E-state index >= 15 is 0 Å². The highest BCUT2D eigenvalue weighted by Gasteiger charge is 2.22. The molecule has 0 bridgehead atoms. The Morgan fingerprint density at radius 2 is 1.07 bits per heavy atom. The van der Waals surface area contributed by atoms with E-state index < -0.39 is 38.6 Å². The maximum absolute atomic E-state index is 12.4. The third-order valence-corrected chi connectivity index (χ3v) is 9.57. The van der Waals surface area contributed by atoms with E-state index in [0.717, 1.165) is 44.9 Å². The molecule has 0 aromatic carbocycles. The summed E-state index contributed by atoms with van der Waals surface area (Å²) >= 11 is 0. The van der Waals surface area contributed by atoms with Crippen molar-refractivity contribution in [2.75, 3.05) is 13.2 Å². The summed E-state index contributed by atoms with van der Waals surface area (Å²) in [6.07, 6.45) is 49.7. The van der Waals surface area contributed by atoms with E-state index in [-0.39, 0.29) is 19.4 Å². The summed E-state index contributed by atoms with van der Waals surface area (Å²) in [7, 11) is -4.78. The van der Waals surface area contributed by atoms with Crippen LogP contribution in [0, 0.1) is 0 Å². The fraction of sp³-hybridized carbons (Fsp3) is 0.696. The van der Waals surface area contributed by atoms with Gasteiger partial charge in [-0.15, -0.1) is 0 Å². The van der Waals surface area contributed by atoms with Crippen LogP contribution in [-0.2, 0) is 28.2 Å². The second-order valence-corrected chi connectivity index (χ2v) is 15.7. The van der Waals surface area contributed by atoms with Gasteiger partial charge < -0.3 is 24.4 Å². The van der Waals surface area contributed by atoms with Gasteiger partial charge in [0.1, 0.15) is 6.61 Å². The van der Waals surface area contributed by atoms with Crippen LogP contribution in [0.1, 0.15) is 181 Å². The SMILES string of the molecule is CC/C=C\CC(O)/C=C/C=C/C/C=C\C/C=C\C/C=C\CCC(=O)OC[C@H](COP(=O)(O)O)OC(=O)CCCCCCCCCCCCCCCCCCCC. The molecule has 0 rings (SSSR count). The molecule has 3 N–H and O–H groups in total. The maximum atomic E-state index is 12.4. The molecule has 10 heteroatoms. The van der Waals surface area contributed by atoms with Gasteiger partial charge in [0.15, 0.2) is 6.10 Å². The number of hydrogen-bond acceptors (Lipinski definition) is 7. The first-order valence-electron chi connectivity index (χ1n) is 21.8. The molecule has 0 spiro atoms. The van der Waals surface area contributed by atoms with Crippen LogP contribution in [0.4, 0.5) is 0 Å². The van der Waals surface area contributed by atoms with Crippen molar-refractivity contribution in [3.63, 3.8) is 0 Å². The summed E-state index contributed by atoms with van der Waals surface area (Å²) in [4.78, 5) is 42.9. The minimum Gasteiger partial charge on any atom is -0.462 e. The Kier molecular flexibility index (Phi) is 38.8. The molecule has 0 fully saturated rings. The molecular weight excluding hydrogens is 727 g/mol. The van der Waals surface area contributed by atoms with Gasteiger partial charge in [-0.05, 0) is 44.9 Å². The first-order chi connectivity index (χ1) is 27.2. The van der Waals surface area contributed by atoms with Gasteiger partial charge >= 0.3 is 19.8 Å². The molecule has 0 heterocycles. The molecule has 0 aliphatic heterocycles. The summed E-state index contributed by atoms with van der Waals surface area (Å²) in [6.45, 7) is 3.42. The largest absolute Gasteiger partial charge is 0.469 e. The van der Waals surface area contributed by atoms with Crippen LogP contribution in [0.5, 0.6) is 0 Å². The van der Waals surface area contributed by atoms with Crippen molar-refractivity contribution in [1.82, 2.24) is 0 Å². The number of esters is 2. The van der Waals surface area contributed by atoms with Crippen LogP contribution < -0.4 is 0 Å². The van der Waals surface area contributed by atoms with E-state index in [1.807, 2.05) is 48.6 Å². The number of aliphatic hydroxyl groups is 1. The average molecular weight is 807 g/mol. The smallest absolute Gasteiger partial charge is 0.462 e. The van der Waals surface area contributed by atoms with Crippen molar-refractivity contribution in [1.29, 1.82) is 0 Å². The molecule has 56 heavy (non-hydrogen) atoms. The third kappa shape index (κ3) is 42.6. The topological polar surface area (TPSA) is 140 Å². The predicted molar refractivity (Wildman–Crippen MR) is 231 cm³/mol. The number of phosphoric acid groups is 1. The molecule has 0 aromatic heterocycles. The summed E-state index contributed by atoms with van der Waals surface area (Å²) in [5, 5.41) is 9.82. The standard InChI is InChI=1S/C46H79O9P/c1-3-5-7-8-9-10-11-12-13-14-15-16-19-23-26-29-32-36-40-46(49)55-44(42-54-56(50,51)52)41-53-45(48)39-35-31-28-25-22-20-17-18-21-24-27-30-34-38-43(47)37-33-6-4-2/h6,18,20-22,27-28,30-31,33-34,38,43-44,47H,3-5,7-17,19,23-26,29,32,35-37,39-42H2,1-2H3,(H2,50,51,52)/b21-18-,22-20-,30-27+,31-28-,33-6-,38-34+/t43?,44-/m1/s1. The zero-order chi connectivity index (χ0) is 41.2. The molecule has 1 unspecified atom stereocenters. The van der Waals surface area contributed by atoms with Gasteiger partial charge in [0.25, 0.3) is 0 Å². The molecule has 0 radical (unpaired) electrons. The molecule has 0 aliphatic rings. The number of phosphoric ester groups is 1. The Bertz CT molecular complexity index is 1150. The lowest BCUT2D eigenvalue weighted by Gasteiger charge is -2.18. The van der Waals surface area contributed by atoms with Crippen molar-refractivity contribution < 1.29 is 43.0 Å². The molecule has 0 amide bonds. The molecule has 2 atom stereocenters. The van der Waals surface area contributed by atoms with Gasteiger partial charge in [0.2, 0.25) is 0 Å². The summed E-state index contributed by atoms with van der Waals surface area (Å²) in [6, 6.07) is 0. The van der Waals surface area contributed by atoms with E-state index in [1.54, 1.807) is 6.08 Å². The van der Waals surface area contributed by atoms with Gasteiger partial charge in [-0.3, -0.25) is 14.1 Å². The number of unbranched alkanes of at least 4 members (excludes halogenated alkanes) is 17. The zero-order valence-electron chi connectivity index (χ0n) is 35.1. The van der Waals surface area contributed by atoms with E-state index in [4.69, 9.17) is 19.3 Å². The number of allylic oxidation sites excluding steroid dienone is 10. The number of ether oxygens (including phenoxy) is 2. The van der Waals surface area contributed by atoms with Crippen LogP contribution in [0.15, 0.2) is 72.9 Å². The van der Waals surface area contributed by atoms with E-state index in [1.165, 1.54) is 89.9 Å². The molecule has 0 saturated heterocycles.